The Labute approximate surface area is 72.3 Å². The van der Waals surface area contributed by atoms with Gasteiger partial charge in [-0.05, 0) is 24.5 Å². The molecule has 3 heteroatoms. The standard InChI is InChI=1S/C9H15NO2/c1-10-6-8(3-2-4-11)5-9(10)7-12/h5-6,11-12H,2-4,7H2,1H3. The molecule has 0 aromatic carbocycles. The van der Waals surface area contributed by atoms with Gasteiger partial charge in [-0.2, -0.15) is 0 Å². The Kier molecular flexibility index (Phi) is 3.31. The molecular weight excluding hydrogens is 154 g/mol. The zero-order chi connectivity index (χ0) is 8.97. The summed E-state index contributed by atoms with van der Waals surface area (Å²) in [5, 5.41) is 17.5. The maximum Gasteiger partial charge on any atom is 0.0832 e. The molecule has 0 fully saturated rings. The van der Waals surface area contributed by atoms with Crippen LogP contribution < -0.4 is 0 Å². The van der Waals surface area contributed by atoms with Gasteiger partial charge in [0.05, 0.1) is 6.61 Å². The summed E-state index contributed by atoms with van der Waals surface area (Å²) in [4.78, 5) is 0. The van der Waals surface area contributed by atoms with Crippen molar-refractivity contribution < 1.29 is 10.2 Å². The van der Waals surface area contributed by atoms with E-state index in [0.29, 0.717) is 0 Å². The maximum atomic E-state index is 8.89. The number of aliphatic hydroxyl groups excluding tert-OH is 2. The summed E-state index contributed by atoms with van der Waals surface area (Å²) >= 11 is 0. The normalized spacial score (nSPS) is 10.6. The minimum atomic E-state index is 0.0790. The molecule has 1 rings (SSSR count). The molecule has 2 N–H and O–H groups in total. The van der Waals surface area contributed by atoms with Crippen LogP contribution in [0.2, 0.25) is 0 Å². The number of hydrogen-bond acceptors (Lipinski definition) is 2. The van der Waals surface area contributed by atoms with Crippen molar-refractivity contribution in [1.82, 2.24) is 4.57 Å². The molecule has 1 aromatic rings. The molecule has 0 amide bonds. The Morgan fingerprint density at radius 2 is 2.17 bits per heavy atom. The molecule has 0 saturated heterocycles. The lowest BCUT2D eigenvalue weighted by Gasteiger charge is -1.94. The summed E-state index contributed by atoms with van der Waals surface area (Å²) in [6.45, 7) is 0.305. The first-order chi connectivity index (χ1) is 5.77. The van der Waals surface area contributed by atoms with Gasteiger partial charge in [0.2, 0.25) is 0 Å². The Morgan fingerprint density at radius 3 is 2.67 bits per heavy atom. The molecule has 0 aliphatic carbocycles. The van der Waals surface area contributed by atoms with Gasteiger partial charge < -0.3 is 14.8 Å². The molecule has 0 atom stereocenters. The van der Waals surface area contributed by atoms with Gasteiger partial charge in [-0.15, -0.1) is 0 Å². The monoisotopic (exact) mass is 169 g/mol. The van der Waals surface area contributed by atoms with Crippen LogP contribution in [0.4, 0.5) is 0 Å². The van der Waals surface area contributed by atoms with E-state index in [0.717, 1.165) is 18.5 Å². The molecule has 12 heavy (non-hydrogen) atoms. The van der Waals surface area contributed by atoms with Crippen molar-refractivity contribution in [3.05, 3.63) is 23.5 Å². The van der Waals surface area contributed by atoms with E-state index in [1.54, 1.807) is 0 Å². The number of aryl methyl sites for hydroxylation is 2. The second-order valence-electron chi connectivity index (χ2n) is 2.94. The summed E-state index contributed by atoms with van der Waals surface area (Å²) in [7, 11) is 1.91. The van der Waals surface area contributed by atoms with E-state index in [9.17, 15) is 0 Å². The van der Waals surface area contributed by atoms with E-state index in [1.807, 2.05) is 23.9 Å². The summed E-state index contributed by atoms with van der Waals surface area (Å²) in [5.74, 6) is 0. The third kappa shape index (κ3) is 2.09. The largest absolute Gasteiger partial charge is 0.396 e. The van der Waals surface area contributed by atoms with Crippen LogP contribution >= 0.6 is 0 Å². The van der Waals surface area contributed by atoms with E-state index in [2.05, 4.69) is 0 Å². The van der Waals surface area contributed by atoms with Crippen molar-refractivity contribution in [2.45, 2.75) is 19.4 Å². The van der Waals surface area contributed by atoms with E-state index >= 15 is 0 Å². The fraction of sp³-hybridized carbons (Fsp3) is 0.556. The van der Waals surface area contributed by atoms with Crippen LogP contribution in [0.1, 0.15) is 17.7 Å². The van der Waals surface area contributed by atoms with Crippen LogP contribution in [0.5, 0.6) is 0 Å². The van der Waals surface area contributed by atoms with E-state index in [4.69, 9.17) is 10.2 Å². The Balaban J connectivity index is 2.62. The number of nitrogens with zero attached hydrogens (tertiary/aromatic N) is 1. The fourth-order valence-corrected chi connectivity index (χ4v) is 1.26. The lowest BCUT2D eigenvalue weighted by molar-refractivity contribution is 0.273. The predicted molar refractivity (Wildman–Crippen MR) is 46.7 cm³/mol. The fourth-order valence-electron chi connectivity index (χ4n) is 1.26. The zero-order valence-electron chi connectivity index (χ0n) is 7.32. The molecule has 1 heterocycles. The molecule has 0 spiro atoms. The van der Waals surface area contributed by atoms with E-state index in [-0.39, 0.29) is 13.2 Å². The average Bonchev–Trinajstić information content (AvgIpc) is 2.43. The summed E-state index contributed by atoms with van der Waals surface area (Å²) in [5.41, 5.74) is 2.10. The zero-order valence-corrected chi connectivity index (χ0v) is 7.32. The summed E-state index contributed by atoms with van der Waals surface area (Å²) in [6.07, 6.45) is 3.65. The van der Waals surface area contributed by atoms with Crippen molar-refractivity contribution in [1.29, 1.82) is 0 Å². The van der Waals surface area contributed by atoms with Crippen LogP contribution in [0.25, 0.3) is 0 Å². The van der Waals surface area contributed by atoms with Crippen molar-refractivity contribution in [3.63, 3.8) is 0 Å². The molecule has 0 saturated carbocycles. The van der Waals surface area contributed by atoms with E-state index < -0.39 is 0 Å². The van der Waals surface area contributed by atoms with Crippen molar-refractivity contribution in [2.75, 3.05) is 6.61 Å². The quantitative estimate of drug-likeness (QED) is 0.687. The second-order valence-corrected chi connectivity index (χ2v) is 2.94. The first-order valence-corrected chi connectivity index (χ1v) is 4.13. The lowest BCUT2D eigenvalue weighted by atomic mass is 10.2. The highest BCUT2D eigenvalue weighted by molar-refractivity contribution is 5.18. The van der Waals surface area contributed by atoms with Crippen molar-refractivity contribution in [3.8, 4) is 0 Å². The van der Waals surface area contributed by atoms with Crippen LogP contribution in [0.15, 0.2) is 12.3 Å². The van der Waals surface area contributed by atoms with Gasteiger partial charge in [0.25, 0.3) is 0 Å². The van der Waals surface area contributed by atoms with Crippen LogP contribution in [0.3, 0.4) is 0 Å². The van der Waals surface area contributed by atoms with Crippen molar-refractivity contribution in [2.24, 2.45) is 7.05 Å². The first kappa shape index (κ1) is 9.29. The third-order valence-corrected chi connectivity index (χ3v) is 1.95. The molecule has 0 bridgehead atoms. The van der Waals surface area contributed by atoms with Gasteiger partial charge >= 0.3 is 0 Å². The summed E-state index contributed by atoms with van der Waals surface area (Å²) in [6, 6.07) is 1.97. The number of hydrogen-bond donors (Lipinski definition) is 2. The smallest absolute Gasteiger partial charge is 0.0832 e. The predicted octanol–water partition coefficient (Wildman–Crippen LogP) is 0.442. The molecule has 0 aliphatic rings. The van der Waals surface area contributed by atoms with Crippen molar-refractivity contribution >= 4 is 0 Å². The minimum absolute atomic E-state index is 0.0790. The second kappa shape index (κ2) is 4.28. The van der Waals surface area contributed by atoms with Gasteiger partial charge in [0.15, 0.2) is 0 Å². The maximum absolute atomic E-state index is 8.89. The minimum Gasteiger partial charge on any atom is -0.396 e. The molecule has 1 aromatic heterocycles. The first-order valence-electron chi connectivity index (χ1n) is 4.13. The van der Waals surface area contributed by atoms with Crippen LogP contribution in [-0.4, -0.2) is 21.4 Å². The Morgan fingerprint density at radius 1 is 1.42 bits per heavy atom. The van der Waals surface area contributed by atoms with Crippen LogP contribution in [-0.2, 0) is 20.1 Å². The van der Waals surface area contributed by atoms with Crippen LogP contribution in [0, 0.1) is 0 Å². The van der Waals surface area contributed by atoms with Gasteiger partial charge in [0, 0.05) is 25.5 Å². The highest BCUT2D eigenvalue weighted by Crippen LogP contribution is 2.08. The van der Waals surface area contributed by atoms with Gasteiger partial charge in [-0.1, -0.05) is 0 Å². The highest BCUT2D eigenvalue weighted by Gasteiger charge is 2.00. The molecule has 3 nitrogen and oxygen atoms in total. The highest BCUT2D eigenvalue weighted by atomic mass is 16.3. The third-order valence-electron chi connectivity index (χ3n) is 1.95. The van der Waals surface area contributed by atoms with Gasteiger partial charge in [-0.25, -0.2) is 0 Å². The van der Waals surface area contributed by atoms with E-state index in [1.165, 1.54) is 5.56 Å². The SMILES string of the molecule is Cn1cc(CCCO)cc1CO. The van der Waals surface area contributed by atoms with Gasteiger partial charge in [0.1, 0.15) is 0 Å². The van der Waals surface area contributed by atoms with Gasteiger partial charge in [-0.3, -0.25) is 0 Å². The Bertz CT molecular complexity index is 243. The summed E-state index contributed by atoms with van der Waals surface area (Å²) < 4.78 is 1.91. The average molecular weight is 169 g/mol. The number of rotatable bonds is 4. The molecule has 0 aliphatic heterocycles. The number of aromatic nitrogens is 1. The number of aliphatic hydroxyl groups is 2. The lowest BCUT2D eigenvalue weighted by Crippen LogP contribution is -1.92. The molecule has 68 valence electrons. The molecule has 0 radical (unpaired) electrons. The topological polar surface area (TPSA) is 45.4 Å². The molecule has 0 unspecified atom stereocenters. The molecular formula is C9H15NO2. The Hall–Kier alpha value is -0.800.